The Labute approximate surface area is 118 Å². The minimum Gasteiger partial charge on any atom is -0.453 e. The highest BCUT2D eigenvalue weighted by Crippen LogP contribution is 2.26. The summed E-state index contributed by atoms with van der Waals surface area (Å²) >= 11 is 11.8. The summed E-state index contributed by atoms with van der Waals surface area (Å²) in [5.41, 5.74) is 0.972. The molecule has 2 heterocycles. The SMILES string of the molecule is O=C(c1cc2cc(Cl)ccc2o1)c1ccncc1Cl. The molecule has 19 heavy (non-hydrogen) atoms. The van der Waals surface area contributed by atoms with Crippen LogP contribution in [0, 0.1) is 0 Å². The Hall–Kier alpha value is -1.84. The Morgan fingerprint density at radius 3 is 2.79 bits per heavy atom. The van der Waals surface area contributed by atoms with E-state index >= 15 is 0 Å². The Morgan fingerprint density at radius 2 is 2.00 bits per heavy atom. The van der Waals surface area contributed by atoms with Gasteiger partial charge in [-0.05, 0) is 30.3 Å². The maximum absolute atomic E-state index is 12.3. The normalized spacial score (nSPS) is 10.8. The molecule has 0 unspecified atom stereocenters. The van der Waals surface area contributed by atoms with Gasteiger partial charge >= 0.3 is 0 Å². The van der Waals surface area contributed by atoms with E-state index in [1.165, 1.54) is 12.4 Å². The molecule has 0 amide bonds. The monoisotopic (exact) mass is 291 g/mol. The van der Waals surface area contributed by atoms with Crippen molar-refractivity contribution in [3.63, 3.8) is 0 Å². The molecule has 0 aliphatic rings. The molecule has 0 N–H and O–H groups in total. The number of hydrogen-bond donors (Lipinski definition) is 0. The van der Waals surface area contributed by atoms with Gasteiger partial charge in [0.25, 0.3) is 0 Å². The molecular weight excluding hydrogens is 285 g/mol. The molecule has 0 saturated heterocycles. The molecule has 3 rings (SSSR count). The van der Waals surface area contributed by atoms with Crippen LogP contribution >= 0.6 is 23.2 Å². The van der Waals surface area contributed by atoms with Crippen molar-refractivity contribution in [1.29, 1.82) is 0 Å². The van der Waals surface area contributed by atoms with E-state index in [-0.39, 0.29) is 11.5 Å². The number of fused-ring (bicyclic) bond motifs is 1. The molecule has 0 spiro atoms. The highest BCUT2D eigenvalue weighted by atomic mass is 35.5. The first-order chi connectivity index (χ1) is 9.15. The van der Waals surface area contributed by atoms with E-state index < -0.39 is 0 Å². The second kappa shape index (κ2) is 4.68. The smallest absolute Gasteiger partial charge is 0.229 e. The van der Waals surface area contributed by atoms with Crippen molar-refractivity contribution in [1.82, 2.24) is 4.98 Å². The van der Waals surface area contributed by atoms with Gasteiger partial charge in [0.2, 0.25) is 5.78 Å². The number of rotatable bonds is 2. The van der Waals surface area contributed by atoms with Crippen LogP contribution in [0.4, 0.5) is 0 Å². The van der Waals surface area contributed by atoms with Crippen molar-refractivity contribution in [2.24, 2.45) is 0 Å². The third kappa shape index (κ3) is 2.23. The summed E-state index contributed by atoms with van der Waals surface area (Å²) in [7, 11) is 0. The predicted octanol–water partition coefficient (Wildman–Crippen LogP) is 4.37. The fourth-order valence-electron chi connectivity index (χ4n) is 1.82. The van der Waals surface area contributed by atoms with E-state index in [0.717, 1.165) is 5.39 Å². The summed E-state index contributed by atoms with van der Waals surface area (Å²) in [6.07, 6.45) is 2.94. The van der Waals surface area contributed by atoms with Crippen molar-refractivity contribution in [2.75, 3.05) is 0 Å². The van der Waals surface area contributed by atoms with Crippen molar-refractivity contribution in [2.45, 2.75) is 0 Å². The van der Waals surface area contributed by atoms with Gasteiger partial charge < -0.3 is 4.42 Å². The quantitative estimate of drug-likeness (QED) is 0.659. The Bertz CT molecular complexity index is 780. The largest absolute Gasteiger partial charge is 0.453 e. The van der Waals surface area contributed by atoms with Gasteiger partial charge in [0.05, 0.1) is 5.02 Å². The number of hydrogen-bond acceptors (Lipinski definition) is 3. The molecule has 0 aliphatic heterocycles. The number of nitrogens with zero attached hydrogens (tertiary/aromatic N) is 1. The summed E-state index contributed by atoms with van der Waals surface area (Å²) in [4.78, 5) is 16.1. The van der Waals surface area contributed by atoms with E-state index in [1.54, 1.807) is 30.3 Å². The lowest BCUT2D eigenvalue weighted by atomic mass is 10.1. The lowest BCUT2D eigenvalue weighted by molar-refractivity contribution is 0.101. The van der Waals surface area contributed by atoms with Gasteiger partial charge in [-0.3, -0.25) is 9.78 Å². The molecule has 0 bridgehead atoms. The maximum atomic E-state index is 12.3. The molecule has 0 atom stereocenters. The first kappa shape index (κ1) is 12.2. The van der Waals surface area contributed by atoms with E-state index in [0.29, 0.717) is 21.2 Å². The third-order valence-corrected chi connectivity index (χ3v) is 3.26. The van der Waals surface area contributed by atoms with Crippen LogP contribution in [0.25, 0.3) is 11.0 Å². The fourth-order valence-corrected chi connectivity index (χ4v) is 2.20. The fraction of sp³-hybridized carbons (Fsp3) is 0. The van der Waals surface area contributed by atoms with Gasteiger partial charge in [-0.2, -0.15) is 0 Å². The van der Waals surface area contributed by atoms with Gasteiger partial charge in [0.1, 0.15) is 5.58 Å². The number of halogens is 2. The average Bonchev–Trinajstić information content (AvgIpc) is 2.81. The van der Waals surface area contributed by atoms with Crippen LogP contribution in [0.15, 0.2) is 47.1 Å². The van der Waals surface area contributed by atoms with E-state index in [2.05, 4.69) is 4.98 Å². The summed E-state index contributed by atoms with van der Waals surface area (Å²) in [6, 6.07) is 8.39. The third-order valence-electron chi connectivity index (χ3n) is 2.72. The van der Waals surface area contributed by atoms with Gasteiger partial charge in [-0.15, -0.1) is 0 Å². The summed E-state index contributed by atoms with van der Waals surface area (Å²) in [6.45, 7) is 0. The second-order valence-electron chi connectivity index (χ2n) is 3.98. The Kier molecular flexibility index (Phi) is 3.01. The minimum atomic E-state index is -0.278. The molecule has 3 nitrogen and oxygen atoms in total. The van der Waals surface area contributed by atoms with Crippen LogP contribution in [-0.4, -0.2) is 10.8 Å². The Morgan fingerprint density at radius 1 is 1.16 bits per heavy atom. The van der Waals surface area contributed by atoms with Crippen molar-refractivity contribution in [3.05, 3.63) is 64.1 Å². The van der Waals surface area contributed by atoms with Crippen LogP contribution in [0.2, 0.25) is 10.0 Å². The standard InChI is InChI=1S/C14H7Cl2NO2/c15-9-1-2-12-8(5-9)6-13(19-12)14(18)10-3-4-17-7-11(10)16/h1-7H. The number of carbonyl (C=O) groups is 1. The molecule has 0 fully saturated rings. The number of furan rings is 1. The summed E-state index contributed by atoms with van der Waals surface area (Å²) in [5.74, 6) is -0.0508. The topological polar surface area (TPSA) is 43.1 Å². The van der Waals surface area contributed by atoms with E-state index in [4.69, 9.17) is 27.6 Å². The van der Waals surface area contributed by atoms with Crippen LogP contribution in [0.5, 0.6) is 0 Å². The predicted molar refractivity (Wildman–Crippen MR) is 73.9 cm³/mol. The first-order valence-electron chi connectivity index (χ1n) is 5.48. The average molecular weight is 292 g/mol. The number of pyridine rings is 1. The van der Waals surface area contributed by atoms with Gasteiger partial charge in [-0.25, -0.2) is 0 Å². The number of ketones is 1. The molecule has 0 radical (unpaired) electrons. The summed E-state index contributed by atoms with van der Waals surface area (Å²) in [5, 5.41) is 1.67. The van der Waals surface area contributed by atoms with Crippen molar-refractivity contribution >= 4 is 40.0 Å². The van der Waals surface area contributed by atoms with Crippen LogP contribution in [-0.2, 0) is 0 Å². The number of carbonyl (C=O) groups excluding carboxylic acids is 1. The lowest BCUT2D eigenvalue weighted by Gasteiger charge is -1.98. The molecule has 3 aromatic rings. The Balaban J connectivity index is 2.09. The highest BCUT2D eigenvalue weighted by Gasteiger charge is 2.17. The minimum absolute atomic E-state index is 0.227. The zero-order valence-corrected chi connectivity index (χ0v) is 11.1. The number of benzene rings is 1. The zero-order chi connectivity index (χ0) is 13.4. The van der Waals surface area contributed by atoms with E-state index in [9.17, 15) is 4.79 Å². The van der Waals surface area contributed by atoms with Crippen LogP contribution in [0.1, 0.15) is 16.1 Å². The first-order valence-corrected chi connectivity index (χ1v) is 6.24. The maximum Gasteiger partial charge on any atom is 0.229 e. The van der Waals surface area contributed by atoms with Gasteiger partial charge in [0.15, 0.2) is 5.76 Å². The van der Waals surface area contributed by atoms with Gasteiger partial charge in [0, 0.05) is 28.4 Å². The highest BCUT2D eigenvalue weighted by molar-refractivity contribution is 6.34. The molecular formula is C14H7Cl2NO2. The molecule has 94 valence electrons. The number of aromatic nitrogens is 1. The van der Waals surface area contributed by atoms with Crippen LogP contribution < -0.4 is 0 Å². The molecule has 0 saturated carbocycles. The van der Waals surface area contributed by atoms with E-state index in [1.807, 2.05) is 0 Å². The summed E-state index contributed by atoms with van der Waals surface area (Å²) < 4.78 is 5.51. The molecule has 0 aliphatic carbocycles. The molecule has 1 aromatic carbocycles. The second-order valence-corrected chi connectivity index (χ2v) is 4.82. The van der Waals surface area contributed by atoms with Crippen LogP contribution in [0.3, 0.4) is 0 Å². The molecule has 2 aromatic heterocycles. The molecule has 5 heteroatoms. The lowest BCUT2D eigenvalue weighted by Crippen LogP contribution is -2.00. The van der Waals surface area contributed by atoms with Crippen molar-refractivity contribution < 1.29 is 9.21 Å². The van der Waals surface area contributed by atoms with Crippen molar-refractivity contribution in [3.8, 4) is 0 Å². The zero-order valence-electron chi connectivity index (χ0n) is 9.56. The van der Waals surface area contributed by atoms with Gasteiger partial charge in [-0.1, -0.05) is 23.2 Å².